The summed E-state index contributed by atoms with van der Waals surface area (Å²) < 4.78 is 1.01. The Morgan fingerprint density at radius 2 is 1.84 bits per heavy atom. The number of hydrogen-bond donors (Lipinski definition) is 1. The van der Waals surface area contributed by atoms with Gasteiger partial charge in [-0.15, -0.1) is 0 Å². The summed E-state index contributed by atoms with van der Waals surface area (Å²) in [4.78, 5) is 11.9. The number of hydrogen-bond acceptors (Lipinski definition) is 1. The van der Waals surface area contributed by atoms with E-state index in [1.165, 1.54) is 0 Å². The molecule has 0 aliphatic carbocycles. The summed E-state index contributed by atoms with van der Waals surface area (Å²) in [5, 5.41) is 3.06. The van der Waals surface area contributed by atoms with E-state index in [1.54, 1.807) is 0 Å². The number of carbonyl (C=O) groups excluding carboxylic acids is 1. The van der Waals surface area contributed by atoms with Crippen LogP contribution in [0.25, 0.3) is 0 Å². The van der Waals surface area contributed by atoms with Crippen LogP contribution in [0.4, 0.5) is 0 Å². The standard InChI is InChI=1S/C16H24BrNO/c1-11(2)15(12(3)4)10-18-16(19)9-13-6-5-7-14(17)8-13/h5-8,11-12,15H,9-10H2,1-4H3,(H,18,19). The fourth-order valence-electron chi connectivity index (χ4n) is 2.37. The van der Waals surface area contributed by atoms with E-state index in [-0.39, 0.29) is 5.91 Å². The molecule has 0 aliphatic rings. The van der Waals surface area contributed by atoms with E-state index in [0.717, 1.165) is 16.6 Å². The van der Waals surface area contributed by atoms with E-state index >= 15 is 0 Å². The van der Waals surface area contributed by atoms with Crippen LogP contribution in [0.2, 0.25) is 0 Å². The maximum absolute atomic E-state index is 11.9. The summed E-state index contributed by atoms with van der Waals surface area (Å²) >= 11 is 3.42. The molecule has 106 valence electrons. The topological polar surface area (TPSA) is 29.1 Å². The first kappa shape index (κ1) is 16.2. The minimum atomic E-state index is 0.101. The zero-order valence-electron chi connectivity index (χ0n) is 12.2. The minimum absolute atomic E-state index is 0.101. The molecule has 19 heavy (non-hydrogen) atoms. The Bertz CT molecular complexity index is 407. The fourth-order valence-corrected chi connectivity index (χ4v) is 2.81. The van der Waals surface area contributed by atoms with Crippen molar-refractivity contribution in [2.45, 2.75) is 34.1 Å². The maximum Gasteiger partial charge on any atom is 0.224 e. The molecule has 0 radical (unpaired) electrons. The van der Waals surface area contributed by atoms with Crippen molar-refractivity contribution in [1.82, 2.24) is 5.32 Å². The van der Waals surface area contributed by atoms with Gasteiger partial charge in [0.05, 0.1) is 6.42 Å². The molecular weight excluding hydrogens is 302 g/mol. The Morgan fingerprint density at radius 3 is 2.37 bits per heavy atom. The fraction of sp³-hybridized carbons (Fsp3) is 0.562. The van der Waals surface area contributed by atoms with Crippen molar-refractivity contribution in [3.05, 3.63) is 34.3 Å². The zero-order chi connectivity index (χ0) is 14.4. The summed E-state index contributed by atoms with van der Waals surface area (Å²) in [5.41, 5.74) is 1.04. The van der Waals surface area contributed by atoms with E-state index < -0.39 is 0 Å². The number of carbonyl (C=O) groups is 1. The molecule has 0 unspecified atom stereocenters. The highest BCUT2D eigenvalue weighted by atomic mass is 79.9. The van der Waals surface area contributed by atoms with Gasteiger partial charge in [-0.25, -0.2) is 0 Å². The van der Waals surface area contributed by atoms with Gasteiger partial charge in [0, 0.05) is 11.0 Å². The van der Waals surface area contributed by atoms with Gasteiger partial charge in [-0.2, -0.15) is 0 Å². The summed E-state index contributed by atoms with van der Waals surface area (Å²) in [6.07, 6.45) is 0.447. The zero-order valence-corrected chi connectivity index (χ0v) is 13.8. The predicted molar refractivity (Wildman–Crippen MR) is 84.0 cm³/mol. The summed E-state index contributed by atoms with van der Waals surface area (Å²) in [6.45, 7) is 9.62. The highest BCUT2D eigenvalue weighted by molar-refractivity contribution is 9.10. The Labute approximate surface area is 125 Å². The maximum atomic E-state index is 11.9. The van der Waals surface area contributed by atoms with E-state index in [0.29, 0.717) is 24.2 Å². The lowest BCUT2D eigenvalue weighted by Gasteiger charge is -2.25. The van der Waals surface area contributed by atoms with Crippen LogP contribution in [0.1, 0.15) is 33.3 Å². The van der Waals surface area contributed by atoms with Gasteiger partial charge in [0.25, 0.3) is 0 Å². The second kappa shape index (κ2) is 7.68. The normalized spacial score (nSPS) is 11.4. The second-order valence-electron chi connectivity index (χ2n) is 5.76. The van der Waals surface area contributed by atoms with Gasteiger partial charge in [-0.3, -0.25) is 4.79 Å². The van der Waals surface area contributed by atoms with Crippen molar-refractivity contribution in [1.29, 1.82) is 0 Å². The third-order valence-corrected chi connectivity index (χ3v) is 3.99. The molecule has 1 aromatic rings. The van der Waals surface area contributed by atoms with Crippen LogP contribution in [0.15, 0.2) is 28.7 Å². The molecule has 0 spiro atoms. The quantitative estimate of drug-likeness (QED) is 0.840. The van der Waals surface area contributed by atoms with Crippen molar-refractivity contribution in [3.8, 4) is 0 Å². The Hall–Kier alpha value is -0.830. The number of halogens is 1. The Morgan fingerprint density at radius 1 is 1.21 bits per heavy atom. The van der Waals surface area contributed by atoms with Crippen LogP contribution >= 0.6 is 15.9 Å². The number of nitrogens with one attached hydrogen (secondary N) is 1. The molecule has 0 saturated carbocycles. The Kier molecular flexibility index (Phi) is 6.56. The molecule has 1 amide bonds. The van der Waals surface area contributed by atoms with Crippen LogP contribution < -0.4 is 5.32 Å². The number of amides is 1. The van der Waals surface area contributed by atoms with Gasteiger partial charge in [0.15, 0.2) is 0 Å². The van der Waals surface area contributed by atoms with Gasteiger partial charge in [-0.05, 0) is 35.4 Å². The lowest BCUT2D eigenvalue weighted by atomic mass is 9.85. The smallest absolute Gasteiger partial charge is 0.224 e. The first-order valence-electron chi connectivity index (χ1n) is 6.91. The minimum Gasteiger partial charge on any atom is -0.356 e. The SMILES string of the molecule is CC(C)C(CNC(=O)Cc1cccc(Br)c1)C(C)C. The van der Waals surface area contributed by atoms with E-state index in [1.807, 2.05) is 24.3 Å². The van der Waals surface area contributed by atoms with Crippen molar-refractivity contribution in [2.24, 2.45) is 17.8 Å². The monoisotopic (exact) mass is 325 g/mol. The van der Waals surface area contributed by atoms with Crippen LogP contribution in [-0.4, -0.2) is 12.5 Å². The van der Waals surface area contributed by atoms with Crippen molar-refractivity contribution in [3.63, 3.8) is 0 Å². The number of benzene rings is 1. The first-order chi connectivity index (χ1) is 8.90. The third-order valence-electron chi connectivity index (χ3n) is 3.50. The Balaban J connectivity index is 2.47. The molecule has 3 heteroatoms. The van der Waals surface area contributed by atoms with Crippen molar-refractivity contribution in [2.75, 3.05) is 6.54 Å². The summed E-state index contributed by atoms with van der Waals surface area (Å²) in [6, 6.07) is 7.89. The van der Waals surface area contributed by atoms with Crippen molar-refractivity contribution >= 4 is 21.8 Å². The van der Waals surface area contributed by atoms with Crippen LogP contribution in [0, 0.1) is 17.8 Å². The summed E-state index contributed by atoms with van der Waals surface area (Å²) in [5.74, 6) is 1.81. The van der Waals surface area contributed by atoms with Crippen LogP contribution in [0.3, 0.4) is 0 Å². The molecule has 0 atom stereocenters. The largest absolute Gasteiger partial charge is 0.356 e. The number of rotatable bonds is 6. The van der Waals surface area contributed by atoms with Gasteiger partial charge in [-0.1, -0.05) is 55.8 Å². The highest BCUT2D eigenvalue weighted by Crippen LogP contribution is 2.19. The average molecular weight is 326 g/mol. The average Bonchev–Trinajstić information content (AvgIpc) is 2.27. The predicted octanol–water partition coefficient (Wildman–Crippen LogP) is 4.04. The second-order valence-corrected chi connectivity index (χ2v) is 6.68. The molecule has 0 bridgehead atoms. The molecule has 0 saturated heterocycles. The lowest BCUT2D eigenvalue weighted by Crippen LogP contribution is -2.34. The third kappa shape index (κ3) is 5.77. The van der Waals surface area contributed by atoms with Gasteiger partial charge in [0.2, 0.25) is 5.91 Å². The molecule has 1 rings (SSSR count). The first-order valence-corrected chi connectivity index (χ1v) is 7.70. The van der Waals surface area contributed by atoms with Gasteiger partial charge < -0.3 is 5.32 Å². The van der Waals surface area contributed by atoms with Crippen LogP contribution in [-0.2, 0) is 11.2 Å². The van der Waals surface area contributed by atoms with E-state index in [2.05, 4.69) is 48.9 Å². The van der Waals surface area contributed by atoms with E-state index in [4.69, 9.17) is 0 Å². The van der Waals surface area contributed by atoms with Gasteiger partial charge in [0.1, 0.15) is 0 Å². The highest BCUT2D eigenvalue weighted by Gasteiger charge is 2.18. The van der Waals surface area contributed by atoms with Crippen LogP contribution in [0.5, 0.6) is 0 Å². The molecule has 0 aromatic heterocycles. The lowest BCUT2D eigenvalue weighted by molar-refractivity contribution is -0.120. The molecule has 1 N–H and O–H groups in total. The molecule has 1 aromatic carbocycles. The van der Waals surface area contributed by atoms with E-state index in [9.17, 15) is 4.79 Å². The summed E-state index contributed by atoms with van der Waals surface area (Å²) in [7, 11) is 0. The molecule has 0 heterocycles. The van der Waals surface area contributed by atoms with Gasteiger partial charge >= 0.3 is 0 Å². The molecule has 2 nitrogen and oxygen atoms in total. The molecule has 0 fully saturated rings. The molecule has 0 aliphatic heterocycles. The van der Waals surface area contributed by atoms with Crippen molar-refractivity contribution < 1.29 is 4.79 Å². The molecular formula is C16H24BrNO.